The number of hydrogen-bond acceptors (Lipinski definition) is 4. The van der Waals surface area contributed by atoms with Crippen LogP contribution in [0.1, 0.15) is 42.6 Å². The second-order valence-electron chi connectivity index (χ2n) is 4.71. The summed E-state index contributed by atoms with van der Waals surface area (Å²) in [5.41, 5.74) is 0.499. The maximum absolute atomic E-state index is 11.6. The average Bonchev–Trinajstić information content (AvgIpc) is 2.44. The first-order chi connectivity index (χ1) is 8.95. The van der Waals surface area contributed by atoms with E-state index in [9.17, 15) is 9.90 Å². The van der Waals surface area contributed by atoms with Crippen LogP contribution in [0.5, 0.6) is 5.75 Å². The van der Waals surface area contributed by atoms with Gasteiger partial charge in [-0.3, -0.25) is 0 Å². The minimum absolute atomic E-state index is 0.160. The zero-order valence-corrected chi connectivity index (χ0v) is 12.0. The number of methoxy groups -OCH3 is 1. The molecule has 0 saturated heterocycles. The Kier molecular flexibility index (Phi) is 5.36. The average molecular weight is 266 g/mol. The SMILES string of the molecule is CCC(O)(CC)COc1cc(C)ccc1C(=O)OC. The number of aryl methyl sites for hydroxylation is 1. The van der Waals surface area contributed by atoms with Crippen molar-refractivity contribution < 1.29 is 19.4 Å². The molecule has 0 fully saturated rings. The third-order valence-electron chi connectivity index (χ3n) is 3.35. The predicted molar refractivity (Wildman–Crippen MR) is 73.5 cm³/mol. The maximum Gasteiger partial charge on any atom is 0.341 e. The highest BCUT2D eigenvalue weighted by Gasteiger charge is 2.24. The first kappa shape index (κ1) is 15.5. The Bertz CT molecular complexity index is 436. The van der Waals surface area contributed by atoms with Crippen LogP contribution in [0.2, 0.25) is 0 Å². The van der Waals surface area contributed by atoms with Crippen LogP contribution in [0.3, 0.4) is 0 Å². The molecule has 0 aliphatic carbocycles. The minimum atomic E-state index is -0.864. The smallest absolute Gasteiger partial charge is 0.341 e. The van der Waals surface area contributed by atoms with Crippen LogP contribution in [0.15, 0.2) is 18.2 Å². The summed E-state index contributed by atoms with van der Waals surface area (Å²) in [5.74, 6) is 0.0127. The number of aliphatic hydroxyl groups is 1. The number of hydrogen-bond donors (Lipinski definition) is 1. The number of esters is 1. The molecule has 106 valence electrons. The molecule has 0 aromatic heterocycles. The lowest BCUT2D eigenvalue weighted by Gasteiger charge is -2.25. The lowest BCUT2D eigenvalue weighted by Crippen LogP contribution is -2.34. The fourth-order valence-corrected chi connectivity index (χ4v) is 1.69. The predicted octanol–water partition coefficient (Wildman–Crippen LogP) is 2.71. The monoisotopic (exact) mass is 266 g/mol. The lowest BCUT2D eigenvalue weighted by molar-refractivity contribution is -0.0118. The minimum Gasteiger partial charge on any atom is -0.490 e. The maximum atomic E-state index is 11.6. The van der Waals surface area contributed by atoms with Gasteiger partial charge in [-0.1, -0.05) is 19.9 Å². The second kappa shape index (κ2) is 6.57. The highest BCUT2D eigenvalue weighted by Crippen LogP contribution is 2.24. The largest absolute Gasteiger partial charge is 0.490 e. The molecule has 0 atom stereocenters. The van der Waals surface area contributed by atoms with Crippen molar-refractivity contribution in [3.05, 3.63) is 29.3 Å². The Morgan fingerprint density at radius 1 is 1.32 bits per heavy atom. The van der Waals surface area contributed by atoms with E-state index in [1.165, 1.54) is 7.11 Å². The third kappa shape index (κ3) is 3.96. The summed E-state index contributed by atoms with van der Waals surface area (Å²) in [7, 11) is 1.33. The molecule has 0 aliphatic heterocycles. The van der Waals surface area contributed by atoms with Gasteiger partial charge in [0.05, 0.1) is 12.7 Å². The second-order valence-corrected chi connectivity index (χ2v) is 4.71. The molecule has 0 amide bonds. The van der Waals surface area contributed by atoms with E-state index >= 15 is 0 Å². The fourth-order valence-electron chi connectivity index (χ4n) is 1.69. The molecule has 0 heterocycles. The van der Waals surface area contributed by atoms with Crippen molar-refractivity contribution in [3.8, 4) is 5.75 Å². The summed E-state index contributed by atoms with van der Waals surface area (Å²) in [6, 6.07) is 5.27. The van der Waals surface area contributed by atoms with Gasteiger partial charge >= 0.3 is 5.97 Å². The van der Waals surface area contributed by atoms with Crippen LogP contribution in [0, 0.1) is 6.92 Å². The van der Waals surface area contributed by atoms with Gasteiger partial charge in [0.25, 0.3) is 0 Å². The zero-order chi connectivity index (χ0) is 14.5. The highest BCUT2D eigenvalue weighted by molar-refractivity contribution is 5.92. The van der Waals surface area contributed by atoms with E-state index in [2.05, 4.69) is 0 Å². The van der Waals surface area contributed by atoms with E-state index < -0.39 is 11.6 Å². The van der Waals surface area contributed by atoms with Crippen LogP contribution >= 0.6 is 0 Å². The van der Waals surface area contributed by atoms with Crippen LogP contribution in [0.25, 0.3) is 0 Å². The van der Waals surface area contributed by atoms with Crippen molar-refractivity contribution in [1.82, 2.24) is 0 Å². The van der Waals surface area contributed by atoms with E-state index in [1.807, 2.05) is 26.8 Å². The molecule has 0 bridgehead atoms. The molecule has 0 spiro atoms. The molecule has 1 aromatic carbocycles. The Balaban J connectivity index is 2.93. The molecule has 1 aromatic rings. The fraction of sp³-hybridized carbons (Fsp3) is 0.533. The van der Waals surface area contributed by atoms with Crippen molar-refractivity contribution in [2.45, 2.75) is 39.2 Å². The van der Waals surface area contributed by atoms with E-state index in [-0.39, 0.29) is 6.61 Å². The number of carbonyl (C=O) groups is 1. The van der Waals surface area contributed by atoms with Gasteiger partial charge in [0, 0.05) is 0 Å². The van der Waals surface area contributed by atoms with Crippen molar-refractivity contribution in [3.63, 3.8) is 0 Å². The third-order valence-corrected chi connectivity index (χ3v) is 3.35. The van der Waals surface area contributed by atoms with Gasteiger partial charge in [-0.2, -0.15) is 0 Å². The van der Waals surface area contributed by atoms with Gasteiger partial charge in [0.1, 0.15) is 17.9 Å². The standard InChI is InChI=1S/C15H22O4/c1-5-15(17,6-2)10-19-13-9-11(3)7-8-12(13)14(16)18-4/h7-9,17H,5-6,10H2,1-4H3. The Morgan fingerprint density at radius 3 is 2.47 bits per heavy atom. The van der Waals surface area contributed by atoms with Crippen LogP contribution in [-0.2, 0) is 4.74 Å². The molecule has 0 saturated carbocycles. The lowest BCUT2D eigenvalue weighted by atomic mass is 9.99. The van der Waals surface area contributed by atoms with Crippen molar-refractivity contribution in [2.24, 2.45) is 0 Å². The topological polar surface area (TPSA) is 55.8 Å². The molecular formula is C15H22O4. The zero-order valence-electron chi connectivity index (χ0n) is 12.0. The van der Waals surface area contributed by atoms with Crippen LogP contribution in [-0.4, -0.2) is 30.4 Å². The van der Waals surface area contributed by atoms with Gasteiger partial charge in [-0.15, -0.1) is 0 Å². The van der Waals surface area contributed by atoms with Gasteiger partial charge in [0.2, 0.25) is 0 Å². The summed E-state index contributed by atoms with van der Waals surface area (Å²) in [6.07, 6.45) is 1.20. The summed E-state index contributed by atoms with van der Waals surface area (Å²) in [5, 5.41) is 10.2. The molecule has 4 heteroatoms. The molecule has 4 nitrogen and oxygen atoms in total. The molecule has 0 unspecified atom stereocenters. The van der Waals surface area contributed by atoms with Crippen LogP contribution in [0.4, 0.5) is 0 Å². The molecular weight excluding hydrogens is 244 g/mol. The van der Waals surface area contributed by atoms with Gasteiger partial charge < -0.3 is 14.6 Å². The number of ether oxygens (including phenoxy) is 2. The van der Waals surface area contributed by atoms with Crippen molar-refractivity contribution >= 4 is 5.97 Å². The molecule has 1 N–H and O–H groups in total. The summed E-state index contributed by atoms with van der Waals surface area (Å²) in [6.45, 7) is 5.89. The van der Waals surface area contributed by atoms with E-state index in [1.54, 1.807) is 12.1 Å². The van der Waals surface area contributed by atoms with Gasteiger partial charge in [0.15, 0.2) is 0 Å². The number of benzene rings is 1. The Labute approximate surface area is 114 Å². The van der Waals surface area contributed by atoms with Crippen molar-refractivity contribution in [2.75, 3.05) is 13.7 Å². The molecule has 19 heavy (non-hydrogen) atoms. The molecule has 1 rings (SSSR count). The summed E-state index contributed by atoms with van der Waals surface area (Å²) >= 11 is 0. The molecule has 0 radical (unpaired) electrons. The number of rotatable bonds is 6. The first-order valence-corrected chi connectivity index (χ1v) is 6.50. The van der Waals surface area contributed by atoms with Gasteiger partial charge in [-0.25, -0.2) is 4.79 Å². The highest BCUT2D eigenvalue weighted by atomic mass is 16.5. The Morgan fingerprint density at radius 2 is 1.95 bits per heavy atom. The van der Waals surface area contributed by atoms with Crippen molar-refractivity contribution in [1.29, 1.82) is 0 Å². The van der Waals surface area contributed by atoms with E-state index in [0.717, 1.165) is 5.56 Å². The Hall–Kier alpha value is -1.55. The van der Waals surface area contributed by atoms with E-state index in [0.29, 0.717) is 24.2 Å². The molecule has 0 aliphatic rings. The number of carbonyl (C=O) groups excluding carboxylic acids is 1. The normalized spacial score (nSPS) is 11.2. The summed E-state index contributed by atoms with van der Waals surface area (Å²) < 4.78 is 10.4. The van der Waals surface area contributed by atoms with Gasteiger partial charge in [-0.05, 0) is 37.5 Å². The quantitative estimate of drug-likeness (QED) is 0.804. The van der Waals surface area contributed by atoms with Crippen LogP contribution < -0.4 is 4.74 Å². The first-order valence-electron chi connectivity index (χ1n) is 6.50. The van der Waals surface area contributed by atoms with E-state index in [4.69, 9.17) is 9.47 Å². The summed E-state index contributed by atoms with van der Waals surface area (Å²) in [4.78, 5) is 11.6.